The van der Waals surface area contributed by atoms with Crippen molar-refractivity contribution in [1.82, 2.24) is 0 Å². The number of hydrogen-bond donors (Lipinski definition) is 0. The SMILES string of the molecule is CC.CC1(C)c2cccc3c2N2C(=NSC2C1(C)C)c1ccccc1-3. The van der Waals surface area contributed by atoms with Crippen LogP contribution < -0.4 is 4.90 Å². The molecular weight excluding hydrogens is 324 g/mol. The normalized spacial score (nSPS) is 23.0. The lowest BCUT2D eigenvalue weighted by molar-refractivity contribution is 0.183. The Labute approximate surface area is 155 Å². The van der Waals surface area contributed by atoms with Crippen molar-refractivity contribution in [3.8, 4) is 11.1 Å². The van der Waals surface area contributed by atoms with Crippen LogP contribution in [0.3, 0.4) is 0 Å². The van der Waals surface area contributed by atoms with E-state index in [1.54, 1.807) is 11.9 Å². The quantitative estimate of drug-likeness (QED) is 0.522. The lowest BCUT2D eigenvalue weighted by Gasteiger charge is -2.55. The first-order chi connectivity index (χ1) is 11.9. The molecule has 5 rings (SSSR count). The van der Waals surface area contributed by atoms with Crippen molar-refractivity contribution in [3.63, 3.8) is 0 Å². The van der Waals surface area contributed by atoms with E-state index < -0.39 is 0 Å². The average molecular weight is 351 g/mol. The van der Waals surface area contributed by atoms with Crippen LogP contribution in [-0.2, 0) is 5.41 Å². The molecule has 0 N–H and O–H groups in total. The molecule has 0 amide bonds. The maximum Gasteiger partial charge on any atom is 0.150 e. The van der Waals surface area contributed by atoms with Gasteiger partial charge in [-0.1, -0.05) is 84.0 Å². The highest BCUT2D eigenvalue weighted by atomic mass is 32.2. The molecule has 1 unspecified atom stereocenters. The van der Waals surface area contributed by atoms with Crippen molar-refractivity contribution in [2.75, 3.05) is 4.90 Å². The van der Waals surface area contributed by atoms with Crippen LogP contribution in [0.25, 0.3) is 11.1 Å². The molecule has 130 valence electrons. The number of rotatable bonds is 0. The summed E-state index contributed by atoms with van der Waals surface area (Å²) in [5.74, 6) is 1.14. The van der Waals surface area contributed by atoms with Crippen LogP contribution in [0.5, 0.6) is 0 Å². The van der Waals surface area contributed by atoms with Gasteiger partial charge >= 0.3 is 0 Å². The minimum Gasteiger partial charge on any atom is -0.309 e. The summed E-state index contributed by atoms with van der Waals surface area (Å²) in [6, 6.07) is 15.5. The highest BCUT2D eigenvalue weighted by Gasteiger charge is 2.57. The fourth-order valence-electron chi connectivity index (χ4n) is 4.25. The molecule has 25 heavy (non-hydrogen) atoms. The fraction of sp³-hybridized carbons (Fsp3) is 0.409. The van der Waals surface area contributed by atoms with Gasteiger partial charge in [0.2, 0.25) is 0 Å². The number of benzene rings is 2. The zero-order valence-corrected chi connectivity index (χ0v) is 16.7. The summed E-state index contributed by atoms with van der Waals surface area (Å²) in [5.41, 5.74) is 6.99. The Bertz CT molecular complexity index is 879. The number of fused-ring (bicyclic) bond motifs is 3. The molecular formula is C22H26N2S. The van der Waals surface area contributed by atoms with Gasteiger partial charge in [-0.15, -0.1) is 0 Å². The first-order valence-corrected chi connectivity index (χ1v) is 10.0. The third-order valence-electron chi connectivity index (χ3n) is 6.34. The number of para-hydroxylation sites is 1. The van der Waals surface area contributed by atoms with E-state index in [-0.39, 0.29) is 10.8 Å². The van der Waals surface area contributed by atoms with Gasteiger partial charge in [-0.2, -0.15) is 4.40 Å². The molecule has 2 nitrogen and oxygen atoms in total. The molecule has 3 heterocycles. The van der Waals surface area contributed by atoms with E-state index in [9.17, 15) is 0 Å². The zero-order chi connectivity index (χ0) is 18.0. The van der Waals surface area contributed by atoms with Crippen molar-refractivity contribution in [2.45, 2.75) is 52.3 Å². The maximum atomic E-state index is 4.90. The molecule has 0 aliphatic carbocycles. The van der Waals surface area contributed by atoms with E-state index in [0.29, 0.717) is 5.37 Å². The number of anilines is 1. The van der Waals surface area contributed by atoms with Gasteiger partial charge in [0.05, 0.1) is 5.69 Å². The van der Waals surface area contributed by atoms with Crippen LogP contribution in [0.1, 0.15) is 52.7 Å². The van der Waals surface area contributed by atoms with Crippen molar-refractivity contribution in [2.24, 2.45) is 9.81 Å². The Morgan fingerprint density at radius 3 is 2.24 bits per heavy atom. The van der Waals surface area contributed by atoms with Crippen molar-refractivity contribution >= 4 is 23.5 Å². The molecule has 0 saturated carbocycles. The van der Waals surface area contributed by atoms with Gasteiger partial charge in [-0.25, -0.2) is 0 Å². The Hall–Kier alpha value is -1.74. The average Bonchev–Trinajstić information content (AvgIpc) is 3.08. The van der Waals surface area contributed by atoms with Gasteiger partial charge in [0, 0.05) is 28.5 Å². The lowest BCUT2D eigenvalue weighted by Crippen LogP contribution is -2.57. The summed E-state index contributed by atoms with van der Waals surface area (Å²) in [4.78, 5) is 2.50. The second-order valence-electron chi connectivity index (χ2n) is 7.84. The van der Waals surface area contributed by atoms with E-state index in [2.05, 4.69) is 75.1 Å². The molecule has 2 aromatic rings. The van der Waals surface area contributed by atoms with Gasteiger partial charge in [-0.05, 0) is 16.5 Å². The van der Waals surface area contributed by atoms with Gasteiger partial charge in [0.1, 0.15) is 11.2 Å². The topological polar surface area (TPSA) is 15.6 Å². The monoisotopic (exact) mass is 350 g/mol. The standard InChI is InChI=1S/C20H20N2S.C2H6/c1-19(2)15-11-7-10-13-12-8-5-6-9-14(12)17-21-23-18(20(19,3)4)22(17)16(13)15;1-2/h5-11,18H,1-4H3;1-2H3. The predicted molar refractivity (Wildman–Crippen MR) is 110 cm³/mol. The Kier molecular flexibility index (Phi) is 3.59. The second kappa shape index (κ2) is 5.38. The van der Waals surface area contributed by atoms with Crippen LogP contribution in [0.2, 0.25) is 0 Å². The lowest BCUT2D eigenvalue weighted by atomic mass is 9.60. The van der Waals surface area contributed by atoms with Crippen LogP contribution in [0.15, 0.2) is 46.9 Å². The van der Waals surface area contributed by atoms with Gasteiger partial charge in [-0.3, -0.25) is 0 Å². The molecule has 0 saturated heterocycles. The summed E-state index contributed by atoms with van der Waals surface area (Å²) in [6.45, 7) is 13.6. The van der Waals surface area contributed by atoms with Crippen molar-refractivity contribution in [1.29, 1.82) is 0 Å². The third-order valence-corrected chi connectivity index (χ3v) is 7.62. The van der Waals surface area contributed by atoms with Gasteiger partial charge in [0.25, 0.3) is 0 Å². The first kappa shape index (κ1) is 16.7. The van der Waals surface area contributed by atoms with Gasteiger partial charge < -0.3 is 4.90 Å². The van der Waals surface area contributed by atoms with Crippen LogP contribution in [0, 0.1) is 5.41 Å². The molecule has 0 fully saturated rings. The smallest absolute Gasteiger partial charge is 0.150 e. The summed E-state index contributed by atoms with van der Waals surface area (Å²) in [6.07, 6.45) is 0. The van der Waals surface area contributed by atoms with Crippen LogP contribution in [-0.4, -0.2) is 11.2 Å². The summed E-state index contributed by atoms with van der Waals surface area (Å²) < 4.78 is 4.90. The molecule has 1 atom stereocenters. The summed E-state index contributed by atoms with van der Waals surface area (Å²) in [5, 5.41) is 0.356. The molecule has 0 aromatic heterocycles. The molecule has 3 aliphatic heterocycles. The highest BCUT2D eigenvalue weighted by Crippen LogP contribution is 2.61. The first-order valence-electron chi connectivity index (χ1n) is 9.21. The Morgan fingerprint density at radius 1 is 0.880 bits per heavy atom. The molecule has 2 aromatic carbocycles. The highest BCUT2D eigenvalue weighted by molar-refractivity contribution is 7.99. The third kappa shape index (κ3) is 1.90. The Morgan fingerprint density at radius 2 is 1.52 bits per heavy atom. The minimum absolute atomic E-state index is 0.101. The largest absolute Gasteiger partial charge is 0.309 e. The van der Waals surface area contributed by atoms with E-state index in [1.807, 2.05) is 13.8 Å². The molecule has 3 heteroatoms. The number of hydrogen-bond acceptors (Lipinski definition) is 3. The van der Waals surface area contributed by atoms with Gasteiger partial charge in [0.15, 0.2) is 0 Å². The van der Waals surface area contributed by atoms with E-state index in [0.717, 1.165) is 5.84 Å². The predicted octanol–water partition coefficient (Wildman–Crippen LogP) is 6.25. The van der Waals surface area contributed by atoms with E-state index in [4.69, 9.17) is 4.40 Å². The number of amidine groups is 1. The molecule has 3 aliphatic rings. The number of nitrogens with zero attached hydrogens (tertiary/aromatic N) is 2. The molecule has 0 radical (unpaired) electrons. The maximum absolute atomic E-state index is 4.90. The molecule has 0 bridgehead atoms. The van der Waals surface area contributed by atoms with E-state index >= 15 is 0 Å². The van der Waals surface area contributed by atoms with Crippen LogP contribution in [0.4, 0.5) is 5.69 Å². The van der Waals surface area contributed by atoms with Crippen molar-refractivity contribution < 1.29 is 0 Å². The summed E-state index contributed by atoms with van der Waals surface area (Å²) in [7, 11) is 0. The van der Waals surface area contributed by atoms with Crippen LogP contribution >= 0.6 is 11.9 Å². The minimum atomic E-state index is 0.101. The fourth-order valence-corrected chi connectivity index (χ4v) is 5.50. The van der Waals surface area contributed by atoms with E-state index in [1.165, 1.54) is 27.9 Å². The summed E-state index contributed by atoms with van der Waals surface area (Å²) >= 11 is 1.74. The second-order valence-corrected chi connectivity index (χ2v) is 8.68. The van der Waals surface area contributed by atoms with Crippen molar-refractivity contribution in [3.05, 3.63) is 53.6 Å². The Balaban J connectivity index is 0.000000758. The molecule has 0 spiro atoms. The zero-order valence-electron chi connectivity index (χ0n) is 15.9.